The molecule has 0 aromatic heterocycles. The molecule has 1 fully saturated rings. The fourth-order valence-corrected chi connectivity index (χ4v) is 85.9. The van der Waals surface area contributed by atoms with Crippen LogP contribution < -0.4 is 0 Å². The van der Waals surface area contributed by atoms with Crippen LogP contribution in [0.4, 0.5) is 0 Å². The zero-order valence-electron chi connectivity index (χ0n) is 4.57. The van der Waals surface area contributed by atoms with E-state index in [2.05, 4.69) is 0 Å². The highest BCUT2D eigenvalue weighted by Gasteiger charge is 2.32. The lowest BCUT2D eigenvalue weighted by atomic mass is 15.9. The van der Waals surface area contributed by atoms with Gasteiger partial charge in [-0.1, -0.05) is 0 Å². The molecule has 1 saturated heterocycles. The molecular formula is H6O3Si6. The van der Waals surface area contributed by atoms with Gasteiger partial charge >= 0.3 is 0 Å². The quantitative estimate of drug-likeness (QED) is 0.361. The van der Waals surface area contributed by atoms with E-state index in [-0.39, 0.29) is 25.7 Å². The van der Waals surface area contributed by atoms with E-state index in [1.165, 1.54) is 0 Å². The minimum atomic E-state index is -1.11. The van der Waals surface area contributed by atoms with E-state index in [4.69, 9.17) is 0 Å². The van der Waals surface area contributed by atoms with Gasteiger partial charge in [0.05, 0.1) is 25.7 Å². The Morgan fingerprint density at radius 2 is 0.889 bits per heavy atom. The van der Waals surface area contributed by atoms with Crippen molar-refractivity contribution in [1.82, 2.24) is 0 Å². The van der Waals surface area contributed by atoms with Crippen LogP contribution >= 0.6 is 0 Å². The fourth-order valence-electron chi connectivity index (χ4n) is 0.580. The summed E-state index contributed by atoms with van der Waals surface area (Å²) in [5.41, 5.74) is 0. The predicted octanol–water partition coefficient (Wildman–Crippen LogP) is -4.76. The second-order valence-electron chi connectivity index (χ2n) is 1.71. The number of hydrogen-bond donors (Lipinski definition) is 3. The lowest BCUT2D eigenvalue weighted by molar-refractivity contribution is 0.597. The van der Waals surface area contributed by atoms with Crippen molar-refractivity contribution < 1.29 is 14.4 Å². The van der Waals surface area contributed by atoms with E-state index in [1.807, 2.05) is 0 Å². The molecule has 6 radical (unpaired) electrons. The van der Waals surface area contributed by atoms with Gasteiger partial charge in [0.15, 0.2) is 24.2 Å². The molecule has 0 amide bonds. The average molecular weight is 223 g/mol. The summed E-state index contributed by atoms with van der Waals surface area (Å²) >= 11 is 0. The largest absolute Gasteiger partial charge is 0.440 e. The summed E-state index contributed by atoms with van der Waals surface area (Å²) in [5.74, 6) is 0. The molecule has 0 saturated carbocycles. The molecule has 0 spiro atoms. The molecule has 3 nitrogen and oxygen atoms in total. The molecule has 1 heterocycles. The molecule has 0 aromatic rings. The molecule has 0 unspecified atom stereocenters. The normalized spacial score (nSPS) is 27.0. The Bertz CT molecular complexity index is 69.3. The molecule has 48 valence electrons. The topological polar surface area (TPSA) is 60.7 Å². The van der Waals surface area contributed by atoms with Gasteiger partial charge in [-0.25, -0.2) is 0 Å². The zero-order chi connectivity index (χ0) is 6.85. The lowest BCUT2D eigenvalue weighted by Gasteiger charge is -2.18. The maximum Gasteiger partial charge on any atom is 0.164 e. The highest BCUT2D eigenvalue weighted by Crippen LogP contribution is 1.87. The summed E-state index contributed by atoms with van der Waals surface area (Å²) in [4.78, 5) is 27.5. The molecule has 9 heavy (non-hydrogen) atoms. The first-order valence-corrected chi connectivity index (χ1v) is 17.6. The van der Waals surface area contributed by atoms with Gasteiger partial charge in [-0.2, -0.15) is 0 Å². The molecule has 0 atom stereocenters. The van der Waals surface area contributed by atoms with Gasteiger partial charge in [0, 0.05) is 0 Å². The summed E-state index contributed by atoms with van der Waals surface area (Å²) in [5, 5.41) is 0. The Hall–Kier alpha value is 1.18. The van der Waals surface area contributed by atoms with Crippen molar-refractivity contribution in [2.45, 2.75) is 0 Å². The van der Waals surface area contributed by atoms with Gasteiger partial charge in [-0.05, 0) is 0 Å². The van der Waals surface area contributed by atoms with Gasteiger partial charge in [0.25, 0.3) is 0 Å². The van der Waals surface area contributed by atoms with Crippen LogP contribution in [0.15, 0.2) is 0 Å². The average Bonchev–Trinajstić information content (AvgIpc) is 1.59. The summed E-state index contributed by atoms with van der Waals surface area (Å²) in [6.07, 6.45) is 0. The van der Waals surface area contributed by atoms with E-state index >= 15 is 0 Å². The second kappa shape index (κ2) is 3.54. The number of rotatable bonds is 0. The SMILES string of the molecule is O[Si]1[SiH][Si](O)[SiH][Si](O)[SiH]1. The third-order valence-electron chi connectivity index (χ3n) is 0.887. The molecule has 9 heteroatoms. The van der Waals surface area contributed by atoms with Crippen LogP contribution in [-0.2, 0) is 0 Å². The first-order valence-electron chi connectivity index (χ1n) is 2.40. The maximum atomic E-state index is 9.17. The van der Waals surface area contributed by atoms with Gasteiger partial charge in [0.1, 0.15) is 0 Å². The minimum Gasteiger partial charge on any atom is -0.440 e. The third-order valence-corrected chi connectivity index (χ3v) is 51.0. The second-order valence-corrected chi connectivity index (χ2v) is 32.2. The van der Waals surface area contributed by atoms with E-state index in [9.17, 15) is 14.4 Å². The Kier molecular flexibility index (Phi) is 3.25. The molecule has 0 aromatic carbocycles. The van der Waals surface area contributed by atoms with Gasteiger partial charge < -0.3 is 14.4 Å². The lowest BCUT2D eigenvalue weighted by Crippen LogP contribution is -2.61. The Morgan fingerprint density at radius 1 is 0.667 bits per heavy atom. The van der Waals surface area contributed by atoms with Crippen molar-refractivity contribution in [3.63, 3.8) is 0 Å². The van der Waals surface area contributed by atoms with Gasteiger partial charge in [-0.15, -0.1) is 0 Å². The van der Waals surface area contributed by atoms with Gasteiger partial charge in [0.2, 0.25) is 0 Å². The van der Waals surface area contributed by atoms with Crippen molar-refractivity contribution in [2.24, 2.45) is 0 Å². The molecule has 1 aliphatic rings. The van der Waals surface area contributed by atoms with Crippen LogP contribution in [0, 0.1) is 0 Å². The molecule has 1 rings (SSSR count). The summed E-state index contributed by atoms with van der Waals surface area (Å²) in [6, 6.07) is 0. The summed E-state index contributed by atoms with van der Waals surface area (Å²) < 4.78 is 0. The minimum absolute atomic E-state index is 0.0347. The van der Waals surface area contributed by atoms with Gasteiger partial charge in [-0.3, -0.25) is 0 Å². The molecule has 0 aliphatic carbocycles. The first kappa shape index (κ1) is 8.28. The van der Waals surface area contributed by atoms with Crippen LogP contribution in [0.1, 0.15) is 0 Å². The predicted molar refractivity (Wildman–Crippen MR) is 45.4 cm³/mol. The zero-order valence-corrected chi connectivity index (χ0v) is 11.0. The monoisotopic (exact) mass is 222 g/mol. The fraction of sp³-hybridized carbons (Fsp3) is 0. The number of hydrogen-bond acceptors (Lipinski definition) is 3. The van der Waals surface area contributed by atoms with E-state index in [0.29, 0.717) is 0 Å². The smallest absolute Gasteiger partial charge is 0.164 e. The molecular weight excluding hydrogens is 217 g/mol. The van der Waals surface area contributed by atoms with Crippen molar-refractivity contribution >= 4 is 49.9 Å². The maximum absolute atomic E-state index is 9.17. The first-order chi connectivity index (χ1) is 4.18. The third kappa shape index (κ3) is 2.73. The van der Waals surface area contributed by atoms with Crippen LogP contribution in [-0.4, -0.2) is 64.3 Å². The van der Waals surface area contributed by atoms with E-state index in [0.717, 1.165) is 0 Å². The van der Waals surface area contributed by atoms with Crippen LogP contribution in [0.5, 0.6) is 0 Å². The summed E-state index contributed by atoms with van der Waals surface area (Å²) in [6.45, 7) is 0. The molecule has 3 N–H and O–H groups in total. The van der Waals surface area contributed by atoms with Crippen molar-refractivity contribution in [2.75, 3.05) is 0 Å². The molecule has 1 aliphatic heterocycles. The Labute approximate surface area is 64.5 Å². The van der Waals surface area contributed by atoms with E-state index < -0.39 is 24.2 Å². The van der Waals surface area contributed by atoms with Crippen LogP contribution in [0.2, 0.25) is 0 Å². The Balaban J connectivity index is 2.34. The highest BCUT2D eigenvalue weighted by atomic mass is 30.1. The summed E-state index contributed by atoms with van der Waals surface area (Å²) in [7, 11) is -3.23. The van der Waals surface area contributed by atoms with Crippen molar-refractivity contribution in [1.29, 1.82) is 0 Å². The highest BCUT2D eigenvalue weighted by molar-refractivity contribution is 7.83. The molecule has 0 bridgehead atoms. The van der Waals surface area contributed by atoms with Crippen molar-refractivity contribution in [3.8, 4) is 0 Å². The van der Waals surface area contributed by atoms with Crippen LogP contribution in [0.25, 0.3) is 0 Å². The Morgan fingerprint density at radius 3 is 1.11 bits per heavy atom. The van der Waals surface area contributed by atoms with Crippen LogP contribution in [0.3, 0.4) is 0 Å². The van der Waals surface area contributed by atoms with E-state index in [1.54, 1.807) is 0 Å². The van der Waals surface area contributed by atoms with Crippen molar-refractivity contribution in [3.05, 3.63) is 0 Å². The standard InChI is InChI=1S/H6O3Si6/c1-7-4-8(2)6-9(3)5-7/h1-6H.